The van der Waals surface area contributed by atoms with Crippen LogP contribution in [-0.2, 0) is 0 Å². The van der Waals surface area contributed by atoms with Crippen LogP contribution in [0.3, 0.4) is 0 Å². The maximum absolute atomic E-state index is 12.3. The number of halogens is 1. The number of piperidine rings is 1. The summed E-state index contributed by atoms with van der Waals surface area (Å²) in [5.41, 5.74) is 11.8. The molecule has 1 aliphatic heterocycles. The Labute approximate surface area is 194 Å². The molecule has 3 aromatic rings. The van der Waals surface area contributed by atoms with Gasteiger partial charge in [-0.15, -0.1) is 0 Å². The van der Waals surface area contributed by atoms with Crippen molar-refractivity contribution in [1.82, 2.24) is 14.3 Å². The Hall–Kier alpha value is -3.80. The van der Waals surface area contributed by atoms with Gasteiger partial charge in [0, 0.05) is 18.8 Å². The smallest absolute Gasteiger partial charge is 0.316 e. The first-order chi connectivity index (χ1) is 15.8. The van der Waals surface area contributed by atoms with Crippen molar-refractivity contribution in [2.24, 2.45) is 11.5 Å². The summed E-state index contributed by atoms with van der Waals surface area (Å²) in [5, 5.41) is 6.22. The van der Waals surface area contributed by atoms with Crippen LogP contribution in [0.1, 0.15) is 35.4 Å². The molecule has 2 aromatic heterocycles. The van der Waals surface area contributed by atoms with E-state index in [-0.39, 0.29) is 11.5 Å². The van der Waals surface area contributed by atoms with E-state index in [9.17, 15) is 14.0 Å². The van der Waals surface area contributed by atoms with Crippen molar-refractivity contribution in [3.63, 3.8) is 0 Å². The lowest BCUT2D eigenvalue weighted by Crippen LogP contribution is -2.30. The molecule has 0 spiro atoms. The Morgan fingerprint density at radius 2 is 1.82 bits per heavy atom. The molecule has 0 radical (unpaired) electrons. The van der Waals surface area contributed by atoms with Gasteiger partial charge in [-0.2, -0.15) is 4.37 Å². The summed E-state index contributed by atoms with van der Waals surface area (Å²) < 4.78 is 16.5. The number of anilines is 4. The molecule has 174 valence electrons. The number of hydrogen-bond acceptors (Lipinski definition) is 8. The van der Waals surface area contributed by atoms with Gasteiger partial charge in [-0.05, 0) is 68.1 Å². The summed E-state index contributed by atoms with van der Waals surface area (Å²) in [5.74, 6) is 0.217. The monoisotopic (exact) mass is 472 g/mol. The van der Waals surface area contributed by atoms with E-state index < -0.39 is 11.9 Å². The number of amides is 3. The van der Waals surface area contributed by atoms with Gasteiger partial charge in [-0.3, -0.25) is 4.79 Å². The lowest BCUT2D eigenvalue weighted by molar-refractivity contribution is 0.0996. The van der Waals surface area contributed by atoms with Crippen LogP contribution < -0.4 is 27.0 Å². The predicted molar refractivity (Wildman–Crippen MR) is 126 cm³/mol. The normalized spacial score (nSPS) is 13.0. The summed E-state index contributed by atoms with van der Waals surface area (Å²) in [6, 6.07) is 6.58. The lowest BCUT2D eigenvalue weighted by atomic mass is 10.1. The predicted octanol–water partition coefficient (Wildman–Crippen LogP) is 3.39. The highest BCUT2D eigenvalue weighted by Crippen LogP contribution is 2.25. The van der Waals surface area contributed by atoms with Gasteiger partial charge in [0.15, 0.2) is 11.5 Å². The highest BCUT2D eigenvalue weighted by Gasteiger charge is 2.18. The van der Waals surface area contributed by atoms with Crippen molar-refractivity contribution in [3.8, 4) is 0 Å². The van der Waals surface area contributed by atoms with Gasteiger partial charge in [-0.25, -0.2) is 19.2 Å². The molecule has 10 nitrogen and oxygen atoms in total. The lowest BCUT2D eigenvalue weighted by Gasteiger charge is -2.27. The topological polar surface area (TPSA) is 152 Å². The average Bonchev–Trinajstić information content (AvgIpc) is 3.20. The number of hydrogen-bond donors (Lipinski definition) is 4. The SMILES string of the molecule is Cc1cc(Nc2nc(N3CCCCC3)cnc2C(N)=O)sn1.NC(=O)Nc1ccc(F)cc1. The summed E-state index contributed by atoms with van der Waals surface area (Å²) in [6.07, 6.45) is 5.16. The van der Waals surface area contributed by atoms with Crippen LogP contribution in [0.25, 0.3) is 0 Å². The fourth-order valence-electron chi connectivity index (χ4n) is 3.14. The molecule has 0 saturated carbocycles. The molecule has 0 bridgehead atoms. The number of nitrogens with zero attached hydrogens (tertiary/aromatic N) is 4. The number of benzene rings is 1. The third-order valence-corrected chi connectivity index (χ3v) is 5.45. The Balaban J connectivity index is 0.000000235. The second kappa shape index (κ2) is 11.2. The fourth-order valence-corrected chi connectivity index (χ4v) is 3.80. The van der Waals surface area contributed by atoms with Crippen molar-refractivity contribution in [2.45, 2.75) is 26.2 Å². The van der Waals surface area contributed by atoms with E-state index in [0.717, 1.165) is 42.4 Å². The fraction of sp³-hybridized carbons (Fsp3) is 0.286. The van der Waals surface area contributed by atoms with Crippen LogP contribution in [0.5, 0.6) is 0 Å². The number of carbonyl (C=O) groups is 2. The van der Waals surface area contributed by atoms with Crippen LogP contribution in [0, 0.1) is 12.7 Å². The molecular weight excluding hydrogens is 447 g/mol. The first kappa shape index (κ1) is 23.9. The van der Waals surface area contributed by atoms with Crippen LogP contribution >= 0.6 is 11.5 Å². The van der Waals surface area contributed by atoms with E-state index in [2.05, 4.69) is 29.9 Å². The molecule has 4 rings (SSSR count). The molecule has 1 saturated heterocycles. The number of urea groups is 1. The number of primary amides is 2. The second-order valence-corrected chi connectivity index (χ2v) is 8.10. The molecule has 12 heteroatoms. The first-order valence-electron chi connectivity index (χ1n) is 10.3. The number of aryl methyl sites for hydroxylation is 1. The molecule has 1 fully saturated rings. The van der Waals surface area contributed by atoms with Crippen LogP contribution in [0.4, 0.5) is 31.5 Å². The Morgan fingerprint density at radius 1 is 1.12 bits per heavy atom. The summed E-state index contributed by atoms with van der Waals surface area (Å²) in [6.45, 7) is 3.83. The minimum Gasteiger partial charge on any atom is -0.364 e. The highest BCUT2D eigenvalue weighted by atomic mass is 32.1. The second-order valence-electron chi connectivity index (χ2n) is 7.29. The van der Waals surface area contributed by atoms with Gasteiger partial charge in [0.1, 0.15) is 16.6 Å². The summed E-state index contributed by atoms with van der Waals surface area (Å²) in [7, 11) is 0. The molecule has 6 N–H and O–H groups in total. The average molecular weight is 473 g/mol. The third kappa shape index (κ3) is 7.10. The Morgan fingerprint density at radius 3 is 2.39 bits per heavy atom. The molecule has 0 aliphatic carbocycles. The Bertz CT molecular complexity index is 1100. The zero-order chi connectivity index (χ0) is 23.8. The molecule has 1 aliphatic rings. The number of nitrogens with one attached hydrogen (secondary N) is 2. The van der Waals surface area contributed by atoms with Crippen molar-refractivity contribution < 1.29 is 14.0 Å². The van der Waals surface area contributed by atoms with E-state index in [1.807, 2.05) is 13.0 Å². The third-order valence-electron chi connectivity index (χ3n) is 4.65. The zero-order valence-corrected chi connectivity index (χ0v) is 18.9. The largest absolute Gasteiger partial charge is 0.364 e. The first-order valence-corrected chi connectivity index (χ1v) is 11.0. The van der Waals surface area contributed by atoms with Crippen LogP contribution in [0.2, 0.25) is 0 Å². The minimum absolute atomic E-state index is 0.145. The quantitative estimate of drug-likeness (QED) is 0.444. The zero-order valence-electron chi connectivity index (χ0n) is 18.0. The van der Waals surface area contributed by atoms with Gasteiger partial charge in [-0.1, -0.05) is 0 Å². The minimum atomic E-state index is -0.656. The molecule has 33 heavy (non-hydrogen) atoms. The van der Waals surface area contributed by atoms with Gasteiger partial charge in [0.05, 0.1) is 11.9 Å². The van der Waals surface area contributed by atoms with E-state index >= 15 is 0 Å². The Kier molecular flexibility index (Phi) is 8.08. The van der Waals surface area contributed by atoms with Gasteiger partial charge < -0.3 is 27.0 Å². The summed E-state index contributed by atoms with van der Waals surface area (Å²) >= 11 is 1.31. The van der Waals surface area contributed by atoms with Gasteiger partial charge in [0.25, 0.3) is 5.91 Å². The van der Waals surface area contributed by atoms with E-state index in [4.69, 9.17) is 11.5 Å². The van der Waals surface area contributed by atoms with Crippen molar-refractivity contribution in [2.75, 3.05) is 28.6 Å². The number of carbonyl (C=O) groups excluding carboxylic acids is 2. The maximum Gasteiger partial charge on any atom is 0.316 e. The number of aromatic nitrogens is 3. The van der Waals surface area contributed by atoms with E-state index in [0.29, 0.717) is 11.5 Å². The van der Waals surface area contributed by atoms with Crippen molar-refractivity contribution >= 4 is 45.8 Å². The van der Waals surface area contributed by atoms with Crippen molar-refractivity contribution in [1.29, 1.82) is 0 Å². The van der Waals surface area contributed by atoms with Crippen molar-refractivity contribution in [3.05, 3.63) is 53.7 Å². The maximum atomic E-state index is 12.3. The van der Waals surface area contributed by atoms with Gasteiger partial charge in [0.2, 0.25) is 0 Å². The molecule has 0 atom stereocenters. The number of nitrogens with two attached hydrogens (primary N) is 2. The molecule has 3 heterocycles. The van der Waals surface area contributed by atoms with Crippen LogP contribution in [0.15, 0.2) is 36.5 Å². The van der Waals surface area contributed by atoms with E-state index in [1.54, 1.807) is 6.20 Å². The summed E-state index contributed by atoms with van der Waals surface area (Å²) in [4.78, 5) is 32.8. The molecule has 3 amide bonds. The highest BCUT2D eigenvalue weighted by molar-refractivity contribution is 7.10. The van der Waals surface area contributed by atoms with E-state index in [1.165, 1.54) is 42.2 Å². The molecule has 1 aromatic carbocycles. The van der Waals surface area contributed by atoms with Gasteiger partial charge >= 0.3 is 6.03 Å². The van der Waals surface area contributed by atoms with Crippen LogP contribution in [-0.4, -0.2) is 39.4 Å². The molecule has 0 unspecified atom stereocenters. The molecular formula is C21H25FN8O2S. The number of rotatable bonds is 5. The standard InChI is InChI=1S/C14H18N6OS.C7H7FN2O/c1-9-7-11(22-19-9)18-14-12(13(15)21)16-8-10(17-14)20-5-3-2-4-6-20;8-5-1-3-6(4-2-5)10-7(9)11/h7-8H,2-6H2,1H3,(H2,15,21)(H,17,18);1-4H,(H3,9,10,11).